The summed E-state index contributed by atoms with van der Waals surface area (Å²) in [6.07, 6.45) is 5.22. The largest absolute Gasteiger partial charge is 0.497 e. The van der Waals surface area contributed by atoms with Crippen molar-refractivity contribution in [2.45, 2.75) is 63.2 Å². The number of hydrogen-bond acceptors (Lipinski definition) is 4. The fraction of sp³-hybridized carbons (Fsp3) is 0.538. The van der Waals surface area contributed by atoms with Crippen molar-refractivity contribution in [2.75, 3.05) is 32.6 Å². The van der Waals surface area contributed by atoms with Crippen molar-refractivity contribution < 1.29 is 13.9 Å². The lowest BCUT2D eigenvalue weighted by Gasteiger charge is -2.48. The number of carbonyl (C=O) groups excluding carboxylic acids is 1. The summed E-state index contributed by atoms with van der Waals surface area (Å²) in [4.78, 5) is 21.4. The van der Waals surface area contributed by atoms with Gasteiger partial charge >= 0.3 is 6.03 Å². The first-order valence-corrected chi connectivity index (χ1v) is 11.6. The van der Waals surface area contributed by atoms with Crippen molar-refractivity contribution in [3.8, 4) is 5.75 Å². The Kier molecular flexibility index (Phi) is 5.89. The summed E-state index contributed by atoms with van der Waals surface area (Å²) in [5.41, 5.74) is 1.32. The lowest BCUT2D eigenvalue weighted by Crippen LogP contribution is -2.54. The Morgan fingerprint density at radius 3 is 2.45 bits per heavy atom. The van der Waals surface area contributed by atoms with Crippen LogP contribution in [0.25, 0.3) is 0 Å². The van der Waals surface area contributed by atoms with E-state index in [0.717, 1.165) is 42.7 Å². The summed E-state index contributed by atoms with van der Waals surface area (Å²) in [6, 6.07) is 9.95. The van der Waals surface area contributed by atoms with Gasteiger partial charge in [0.15, 0.2) is 0 Å². The predicted octanol–water partition coefficient (Wildman–Crippen LogP) is 4.90. The Morgan fingerprint density at radius 2 is 1.88 bits per heavy atom. The second-order valence-corrected chi connectivity index (χ2v) is 10.3. The van der Waals surface area contributed by atoms with Gasteiger partial charge in [-0.25, -0.2) is 9.18 Å². The average molecular weight is 455 g/mol. The number of rotatable bonds is 5. The number of urea groups is 1. The van der Waals surface area contributed by atoms with E-state index in [1.165, 1.54) is 19.4 Å². The van der Waals surface area contributed by atoms with Gasteiger partial charge in [0.05, 0.1) is 36.8 Å². The van der Waals surface area contributed by atoms with Crippen molar-refractivity contribution in [1.29, 1.82) is 0 Å². The number of nitrogens with one attached hydrogen (secondary N) is 1. The van der Waals surface area contributed by atoms with Crippen molar-refractivity contribution in [2.24, 2.45) is 0 Å². The first-order valence-electron chi connectivity index (χ1n) is 11.6. The highest BCUT2D eigenvalue weighted by molar-refractivity contribution is 5.96. The van der Waals surface area contributed by atoms with Crippen LogP contribution in [0.2, 0.25) is 0 Å². The van der Waals surface area contributed by atoms with E-state index < -0.39 is 5.67 Å². The Labute approximate surface area is 196 Å². The van der Waals surface area contributed by atoms with E-state index in [4.69, 9.17) is 4.74 Å². The van der Waals surface area contributed by atoms with Crippen molar-refractivity contribution in [1.82, 2.24) is 15.2 Å². The highest BCUT2D eigenvalue weighted by atomic mass is 19.1. The van der Waals surface area contributed by atoms with E-state index in [2.05, 4.69) is 41.4 Å². The number of pyridine rings is 1. The quantitative estimate of drug-likeness (QED) is 0.698. The average Bonchev–Trinajstić information content (AvgIpc) is 3.09. The Morgan fingerprint density at radius 1 is 1.18 bits per heavy atom. The van der Waals surface area contributed by atoms with Crippen molar-refractivity contribution >= 4 is 11.7 Å². The van der Waals surface area contributed by atoms with Gasteiger partial charge in [0.1, 0.15) is 11.4 Å². The number of hydrogen-bond donors (Lipinski definition) is 1. The molecule has 1 aliphatic heterocycles. The maximum atomic E-state index is 14.3. The second kappa shape index (κ2) is 8.28. The summed E-state index contributed by atoms with van der Waals surface area (Å²) in [5, 5.41) is 3.28. The summed E-state index contributed by atoms with van der Waals surface area (Å²) >= 11 is 0. The molecule has 1 aliphatic carbocycles. The molecule has 0 bridgehead atoms. The SMILES string of the molecule is COc1cccc(C2(N(C)C)CCC3(CC2)CN(c2cnc(C(C)(C)F)cc2C)C(=O)N3)c1. The normalized spacial score (nSPS) is 25.6. The van der Waals surface area contributed by atoms with Gasteiger partial charge in [-0.1, -0.05) is 12.1 Å². The minimum absolute atomic E-state index is 0.106. The maximum absolute atomic E-state index is 14.3. The summed E-state index contributed by atoms with van der Waals surface area (Å²) < 4.78 is 19.8. The molecule has 0 atom stereocenters. The lowest BCUT2D eigenvalue weighted by atomic mass is 9.69. The second-order valence-electron chi connectivity index (χ2n) is 10.3. The number of nitrogens with zero attached hydrogens (tertiary/aromatic N) is 3. The molecule has 0 unspecified atom stereocenters. The maximum Gasteiger partial charge on any atom is 0.322 e. The van der Waals surface area contributed by atoms with Crippen LogP contribution in [0.15, 0.2) is 36.5 Å². The summed E-state index contributed by atoms with van der Waals surface area (Å²) in [5.74, 6) is 0.859. The van der Waals surface area contributed by atoms with Crippen LogP contribution in [-0.4, -0.2) is 49.2 Å². The highest BCUT2D eigenvalue weighted by Crippen LogP contribution is 2.47. The van der Waals surface area contributed by atoms with Crippen molar-refractivity contribution in [3.05, 3.63) is 53.3 Å². The predicted molar refractivity (Wildman–Crippen MR) is 129 cm³/mol. The Hall–Kier alpha value is -2.67. The van der Waals surface area contributed by atoms with Crippen LogP contribution in [0.5, 0.6) is 5.75 Å². The minimum atomic E-state index is -1.52. The molecule has 7 heteroatoms. The number of aromatic nitrogens is 1. The van der Waals surface area contributed by atoms with E-state index in [9.17, 15) is 9.18 Å². The smallest absolute Gasteiger partial charge is 0.322 e. The van der Waals surface area contributed by atoms with Crippen LogP contribution in [0.4, 0.5) is 14.9 Å². The van der Waals surface area contributed by atoms with Gasteiger partial charge in [-0.05, 0) is 89.9 Å². The van der Waals surface area contributed by atoms with Gasteiger partial charge < -0.3 is 10.1 Å². The van der Waals surface area contributed by atoms with E-state index in [0.29, 0.717) is 12.2 Å². The fourth-order valence-electron chi connectivity index (χ4n) is 5.39. The Bertz CT molecular complexity index is 1040. The van der Waals surface area contributed by atoms with Gasteiger partial charge in [-0.2, -0.15) is 0 Å². The molecule has 2 fully saturated rings. The zero-order valence-corrected chi connectivity index (χ0v) is 20.5. The van der Waals surface area contributed by atoms with E-state index in [-0.39, 0.29) is 17.1 Å². The molecule has 6 nitrogen and oxygen atoms in total. The van der Waals surface area contributed by atoms with Crippen molar-refractivity contribution in [3.63, 3.8) is 0 Å². The molecule has 0 radical (unpaired) electrons. The third-order valence-electron chi connectivity index (χ3n) is 7.56. The number of anilines is 1. The number of amides is 2. The third kappa shape index (κ3) is 4.19. The van der Waals surface area contributed by atoms with E-state index in [1.807, 2.05) is 19.1 Å². The van der Waals surface area contributed by atoms with Crippen LogP contribution in [0.1, 0.15) is 56.4 Å². The monoisotopic (exact) mass is 454 g/mol. The van der Waals surface area contributed by atoms with Gasteiger partial charge in [0.25, 0.3) is 0 Å². The van der Waals surface area contributed by atoms with E-state index in [1.54, 1.807) is 24.3 Å². The molecule has 1 aromatic carbocycles. The molecule has 2 aromatic rings. The number of aryl methyl sites for hydroxylation is 1. The lowest BCUT2D eigenvalue weighted by molar-refractivity contribution is 0.0656. The molecule has 2 aliphatic rings. The third-order valence-corrected chi connectivity index (χ3v) is 7.56. The molecular weight excluding hydrogens is 419 g/mol. The number of alkyl halides is 1. The molecule has 1 N–H and O–H groups in total. The van der Waals surface area contributed by atoms with Gasteiger partial charge in [0, 0.05) is 5.54 Å². The molecule has 2 heterocycles. The number of methoxy groups -OCH3 is 1. The van der Waals surface area contributed by atoms with Crippen LogP contribution >= 0.6 is 0 Å². The summed E-state index contributed by atoms with van der Waals surface area (Å²) in [7, 11) is 5.94. The van der Waals surface area contributed by atoms with E-state index >= 15 is 0 Å². The molecule has 4 rings (SSSR count). The fourth-order valence-corrected chi connectivity index (χ4v) is 5.39. The summed E-state index contributed by atoms with van der Waals surface area (Å²) in [6.45, 7) is 5.49. The van der Waals surface area contributed by atoms with Crippen LogP contribution in [0, 0.1) is 6.92 Å². The van der Waals surface area contributed by atoms with Crippen LogP contribution in [0.3, 0.4) is 0 Å². The number of benzene rings is 1. The van der Waals surface area contributed by atoms with Gasteiger partial charge in [0.2, 0.25) is 0 Å². The molecule has 1 spiro atoms. The first kappa shape index (κ1) is 23.5. The zero-order valence-electron chi connectivity index (χ0n) is 20.5. The van der Waals surface area contributed by atoms with Gasteiger partial charge in [-0.3, -0.25) is 14.8 Å². The number of halogens is 1. The Balaban J connectivity index is 1.56. The van der Waals surface area contributed by atoms with Crippen LogP contribution in [-0.2, 0) is 11.2 Å². The first-order chi connectivity index (χ1) is 15.5. The molecule has 1 saturated carbocycles. The zero-order chi connectivity index (χ0) is 24.0. The molecule has 33 heavy (non-hydrogen) atoms. The topological polar surface area (TPSA) is 57.7 Å². The highest BCUT2D eigenvalue weighted by Gasteiger charge is 2.50. The number of ether oxygens (including phenoxy) is 1. The molecule has 2 amide bonds. The molecule has 1 saturated heterocycles. The molecule has 178 valence electrons. The van der Waals surface area contributed by atoms with Crippen LogP contribution < -0.4 is 15.0 Å². The molecular formula is C26H35FN4O2. The standard InChI is InChI=1S/C26H35FN4O2/c1-18-14-22(24(2,3)27)28-16-21(18)31-17-25(29-23(31)32)10-12-26(13-11-25,30(4)5)19-8-7-9-20(15-19)33-6/h7-9,14-16H,10-13,17H2,1-6H3,(H,29,32). The number of carbonyl (C=O) groups is 1. The van der Waals surface area contributed by atoms with Gasteiger partial charge in [-0.15, -0.1) is 0 Å². The minimum Gasteiger partial charge on any atom is -0.497 e. The molecule has 1 aromatic heterocycles.